The molecule has 16 heavy (non-hydrogen) atoms. The predicted molar refractivity (Wildman–Crippen MR) is 62.1 cm³/mol. The zero-order valence-electron chi connectivity index (χ0n) is 9.31. The number of carbonyl (C=O) groups excluding carboxylic acids is 2. The van der Waals surface area contributed by atoms with E-state index in [-0.39, 0.29) is 11.8 Å². The highest BCUT2D eigenvalue weighted by Gasteiger charge is 2.12. The standard InChI is InChI=1S/C12H14N2O2/c1-10(15)14(13-2)12(16)9-8-11-6-4-3-5-7-11/h3-9,13H,1-2H3/b9-8+. The van der Waals surface area contributed by atoms with Crippen LogP contribution in [0.15, 0.2) is 36.4 Å². The van der Waals surface area contributed by atoms with Crippen molar-refractivity contribution in [1.29, 1.82) is 0 Å². The second-order valence-electron chi connectivity index (χ2n) is 3.16. The van der Waals surface area contributed by atoms with E-state index in [1.165, 1.54) is 20.0 Å². The Hall–Kier alpha value is -1.94. The highest BCUT2D eigenvalue weighted by atomic mass is 16.2. The fourth-order valence-electron chi connectivity index (χ4n) is 1.23. The maximum atomic E-state index is 11.5. The summed E-state index contributed by atoms with van der Waals surface area (Å²) in [6.45, 7) is 1.32. The van der Waals surface area contributed by atoms with Crippen LogP contribution in [0.2, 0.25) is 0 Å². The van der Waals surface area contributed by atoms with Crippen molar-refractivity contribution < 1.29 is 9.59 Å². The number of amides is 2. The van der Waals surface area contributed by atoms with Gasteiger partial charge in [-0.15, -0.1) is 0 Å². The smallest absolute Gasteiger partial charge is 0.267 e. The first-order chi connectivity index (χ1) is 7.65. The van der Waals surface area contributed by atoms with Crippen molar-refractivity contribution >= 4 is 17.9 Å². The molecule has 0 saturated heterocycles. The second kappa shape index (κ2) is 5.82. The predicted octanol–water partition coefficient (Wildman–Crippen LogP) is 1.21. The molecule has 1 aromatic carbocycles. The Labute approximate surface area is 94.5 Å². The van der Waals surface area contributed by atoms with Crippen LogP contribution in [0.25, 0.3) is 6.08 Å². The lowest BCUT2D eigenvalue weighted by Crippen LogP contribution is -2.42. The van der Waals surface area contributed by atoms with E-state index >= 15 is 0 Å². The average molecular weight is 218 g/mol. The van der Waals surface area contributed by atoms with Crippen LogP contribution in [0.3, 0.4) is 0 Å². The van der Waals surface area contributed by atoms with Crippen molar-refractivity contribution in [2.24, 2.45) is 0 Å². The number of rotatable bonds is 3. The van der Waals surface area contributed by atoms with E-state index < -0.39 is 0 Å². The van der Waals surface area contributed by atoms with E-state index in [0.717, 1.165) is 10.6 Å². The van der Waals surface area contributed by atoms with Gasteiger partial charge in [0.25, 0.3) is 5.91 Å². The molecular weight excluding hydrogens is 204 g/mol. The highest BCUT2D eigenvalue weighted by Crippen LogP contribution is 2.01. The molecule has 0 bridgehead atoms. The normalized spacial score (nSPS) is 10.4. The van der Waals surface area contributed by atoms with Gasteiger partial charge in [-0.2, -0.15) is 0 Å². The summed E-state index contributed by atoms with van der Waals surface area (Å²) < 4.78 is 0. The van der Waals surface area contributed by atoms with Gasteiger partial charge < -0.3 is 0 Å². The van der Waals surface area contributed by atoms with Crippen LogP contribution in [0.4, 0.5) is 0 Å². The molecule has 0 atom stereocenters. The molecule has 0 aliphatic rings. The Morgan fingerprint density at radius 1 is 1.25 bits per heavy atom. The number of imide groups is 1. The fraction of sp³-hybridized carbons (Fsp3) is 0.167. The third-order valence-corrected chi connectivity index (χ3v) is 1.98. The molecule has 0 aromatic heterocycles. The molecule has 0 spiro atoms. The molecule has 0 radical (unpaired) electrons. The molecule has 84 valence electrons. The average Bonchev–Trinajstić information content (AvgIpc) is 2.28. The molecule has 4 nitrogen and oxygen atoms in total. The SMILES string of the molecule is CNN(C(C)=O)C(=O)/C=C/c1ccccc1. The van der Waals surface area contributed by atoms with Gasteiger partial charge >= 0.3 is 0 Å². The lowest BCUT2D eigenvalue weighted by molar-refractivity contribution is -0.143. The van der Waals surface area contributed by atoms with E-state index in [1.807, 2.05) is 30.3 Å². The van der Waals surface area contributed by atoms with E-state index in [4.69, 9.17) is 0 Å². The Kier molecular flexibility index (Phi) is 4.42. The fourth-order valence-corrected chi connectivity index (χ4v) is 1.23. The maximum absolute atomic E-state index is 11.5. The maximum Gasteiger partial charge on any atom is 0.267 e. The van der Waals surface area contributed by atoms with E-state index in [2.05, 4.69) is 5.43 Å². The number of hydrogen-bond acceptors (Lipinski definition) is 3. The van der Waals surface area contributed by atoms with Crippen LogP contribution in [0.5, 0.6) is 0 Å². The summed E-state index contributed by atoms with van der Waals surface area (Å²) in [6, 6.07) is 9.41. The van der Waals surface area contributed by atoms with Crippen molar-refractivity contribution in [3.63, 3.8) is 0 Å². The number of benzene rings is 1. The molecule has 0 heterocycles. The molecule has 0 fully saturated rings. The molecule has 1 N–H and O–H groups in total. The molecule has 0 aliphatic heterocycles. The molecule has 0 saturated carbocycles. The third kappa shape index (κ3) is 3.33. The van der Waals surface area contributed by atoms with Crippen LogP contribution >= 0.6 is 0 Å². The van der Waals surface area contributed by atoms with Gasteiger partial charge in [-0.1, -0.05) is 30.3 Å². The topological polar surface area (TPSA) is 49.4 Å². The van der Waals surface area contributed by atoms with Crippen molar-refractivity contribution in [3.05, 3.63) is 42.0 Å². The van der Waals surface area contributed by atoms with Gasteiger partial charge in [0.15, 0.2) is 0 Å². The number of nitrogens with zero attached hydrogens (tertiary/aromatic N) is 1. The van der Waals surface area contributed by atoms with Crippen LogP contribution < -0.4 is 5.43 Å². The number of carbonyl (C=O) groups is 2. The van der Waals surface area contributed by atoms with Crippen molar-refractivity contribution in [2.75, 3.05) is 7.05 Å². The van der Waals surface area contributed by atoms with Crippen molar-refractivity contribution in [2.45, 2.75) is 6.92 Å². The first-order valence-electron chi connectivity index (χ1n) is 4.90. The Bertz CT molecular complexity index is 399. The number of nitrogens with one attached hydrogen (secondary N) is 1. The highest BCUT2D eigenvalue weighted by molar-refractivity contribution is 6.01. The third-order valence-electron chi connectivity index (χ3n) is 1.98. The zero-order valence-corrected chi connectivity index (χ0v) is 9.31. The van der Waals surface area contributed by atoms with Gasteiger partial charge in [0.05, 0.1) is 0 Å². The Balaban J connectivity index is 2.71. The van der Waals surface area contributed by atoms with Crippen molar-refractivity contribution in [3.8, 4) is 0 Å². The molecule has 2 amide bonds. The molecule has 0 unspecified atom stereocenters. The quantitative estimate of drug-likeness (QED) is 0.612. The summed E-state index contributed by atoms with van der Waals surface area (Å²) in [7, 11) is 1.52. The van der Waals surface area contributed by atoms with E-state index in [9.17, 15) is 9.59 Å². The van der Waals surface area contributed by atoms with Gasteiger partial charge in [0.2, 0.25) is 5.91 Å². The minimum absolute atomic E-state index is 0.342. The minimum atomic E-state index is -0.390. The summed E-state index contributed by atoms with van der Waals surface area (Å²) in [4.78, 5) is 22.6. The minimum Gasteiger partial charge on any atom is -0.273 e. The summed E-state index contributed by atoms with van der Waals surface area (Å²) in [5.74, 6) is -0.732. The lowest BCUT2D eigenvalue weighted by atomic mass is 10.2. The summed E-state index contributed by atoms with van der Waals surface area (Å²) in [5, 5.41) is 0.944. The van der Waals surface area contributed by atoms with Crippen molar-refractivity contribution in [1.82, 2.24) is 10.4 Å². The monoisotopic (exact) mass is 218 g/mol. The van der Waals surface area contributed by atoms with Gasteiger partial charge in [0, 0.05) is 20.0 Å². The van der Waals surface area contributed by atoms with E-state index in [1.54, 1.807) is 6.08 Å². The van der Waals surface area contributed by atoms with Gasteiger partial charge in [-0.25, -0.2) is 10.4 Å². The summed E-state index contributed by atoms with van der Waals surface area (Å²) >= 11 is 0. The first kappa shape index (κ1) is 12.1. The number of hydrogen-bond donors (Lipinski definition) is 1. The molecule has 1 aromatic rings. The Morgan fingerprint density at radius 3 is 2.38 bits per heavy atom. The van der Waals surface area contributed by atoms with Gasteiger partial charge in [0.1, 0.15) is 0 Å². The van der Waals surface area contributed by atoms with Crippen LogP contribution in [0, 0.1) is 0 Å². The summed E-state index contributed by atoms with van der Waals surface area (Å²) in [6.07, 6.45) is 3.02. The molecule has 4 heteroatoms. The molecule has 1 rings (SSSR count). The largest absolute Gasteiger partial charge is 0.273 e. The Morgan fingerprint density at radius 2 is 1.88 bits per heavy atom. The summed E-state index contributed by atoms with van der Waals surface area (Å²) in [5.41, 5.74) is 3.43. The van der Waals surface area contributed by atoms with E-state index in [0.29, 0.717) is 0 Å². The van der Waals surface area contributed by atoms with Crippen LogP contribution in [0.1, 0.15) is 12.5 Å². The zero-order chi connectivity index (χ0) is 12.0. The second-order valence-corrected chi connectivity index (χ2v) is 3.16. The van der Waals surface area contributed by atoms with Crippen LogP contribution in [-0.4, -0.2) is 23.9 Å². The number of hydrazine groups is 1. The van der Waals surface area contributed by atoms with Crippen LogP contribution in [-0.2, 0) is 9.59 Å². The molecular formula is C12H14N2O2. The van der Waals surface area contributed by atoms with Gasteiger partial charge in [-0.05, 0) is 11.6 Å². The van der Waals surface area contributed by atoms with Gasteiger partial charge in [-0.3, -0.25) is 9.59 Å². The lowest BCUT2D eigenvalue weighted by Gasteiger charge is -2.14. The molecule has 0 aliphatic carbocycles. The first-order valence-corrected chi connectivity index (χ1v) is 4.90.